The summed E-state index contributed by atoms with van der Waals surface area (Å²) in [6.45, 7) is 5.58. The molecule has 0 aliphatic carbocycles. The number of hydrogen-bond acceptors (Lipinski definition) is 4. The van der Waals surface area contributed by atoms with E-state index < -0.39 is 0 Å². The average Bonchev–Trinajstić information content (AvgIpc) is 3.30. The minimum atomic E-state index is -0.364. The van der Waals surface area contributed by atoms with Gasteiger partial charge in [-0.2, -0.15) is 0 Å². The highest BCUT2D eigenvalue weighted by atomic mass is 19.1. The Kier molecular flexibility index (Phi) is 8.24. The fourth-order valence-electron chi connectivity index (χ4n) is 3.44. The normalized spacial score (nSPS) is 15.7. The molecular formula is C25H28FNO4. The fraction of sp³-hybridized carbons (Fsp3) is 0.320. The summed E-state index contributed by atoms with van der Waals surface area (Å²) in [5.74, 6) is 0.634. The van der Waals surface area contributed by atoms with Gasteiger partial charge in [0, 0.05) is 31.3 Å². The Morgan fingerprint density at radius 1 is 1.29 bits per heavy atom. The second-order valence-electron chi connectivity index (χ2n) is 7.29. The lowest BCUT2D eigenvalue weighted by Gasteiger charge is -2.25. The van der Waals surface area contributed by atoms with E-state index in [9.17, 15) is 9.18 Å². The summed E-state index contributed by atoms with van der Waals surface area (Å²) in [7, 11) is 1.58. The maximum Gasteiger partial charge on any atom is 0.246 e. The maximum atomic E-state index is 13.9. The second-order valence-corrected chi connectivity index (χ2v) is 7.29. The van der Waals surface area contributed by atoms with Crippen LogP contribution in [0.25, 0.3) is 6.08 Å². The Morgan fingerprint density at radius 2 is 2.13 bits per heavy atom. The highest BCUT2D eigenvalue weighted by molar-refractivity contribution is 5.91. The van der Waals surface area contributed by atoms with Gasteiger partial charge in [0.1, 0.15) is 12.4 Å². The summed E-state index contributed by atoms with van der Waals surface area (Å²) in [4.78, 5) is 14.7. The van der Waals surface area contributed by atoms with Crippen LogP contribution in [0.2, 0.25) is 0 Å². The third-order valence-corrected chi connectivity index (χ3v) is 5.03. The molecule has 0 bridgehead atoms. The van der Waals surface area contributed by atoms with Crippen molar-refractivity contribution < 1.29 is 23.4 Å². The van der Waals surface area contributed by atoms with Gasteiger partial charge in [-0.1, -0.05) is 36.9 Å². The van der Waals surface area contributed by atoms with Crippen LogP contribution in [-0.4, -0.2) is 43.8 Å². The highest BCUT2D eigenvalue weighted by Crippen LogP contribution is 2.29. The van der Waals surface area contributed by atoms with E-state index in [2.05, 4.69) is 6.58 Å². The van der Waals surface area contributed by atoms with Crippen molar-refractivity contribution in [1.82, 2.24) is 4.90 Å². The number of benzene rings is 2. The molecule has 1 fully saturated rings. The molecule has 0 aromatic heterocycles. The number of ether oxygens (including phenoxy) is 3. The van der Waals surface area contributed by atoms with Gasteiger partial charge in [-0.15, -0.1) is 0 Å². The van der Waals surface area contributed by atoms with Crippen LogP contribution in [-0.2, 0) is 16.1 Å². The molecule has 6 heteroatoms. The van der Waals surface area contributed by atoms with Gasteiger partial charge in [0.15, 0.2) is 11.5 Å². The minimum Gasteiger partial charge on any atom is -0.493 e. The van der Waals surface area contributed by atoms with Crippen molar-refractivity contribution in [1.29, 1.82) is 0 Å². The van der Waals surface area contributed by atoms with E-state index in [0.717, 1.165) is 18.4 Å². The molecule has 164 valence electrons. The molecule has 3 rings (SSSR count). The first-order valence-corrected chi connectivity index (χ1v) is 10.3. The number of halogens is 1. The standard InChI is InChI=1S/C25H28FNO4/c1-3-14-31-23-12-10-19(16-24(23)29-2)17-27(18-21-8-6-15-30-21)25(28)13-11-20-7-4-5-9-22(20)26/h3-5,7,9-13,16,21H,1,6,8,14-15,17-18H2,2H3/b13-11+/t21-/m1/s1. The molecule has 5 nitrogen and oxygen atoms in total. The van der Waals surface area contributed by atoms with Crippen LogP contribution in [0.5, 0.6) is 11.5 Å². The Morgan fingerprint density at radius 3 is 2.84 bits per heavy atom. The first-order valence-electron chi connectivity index (χ1n) is 10.3. The quantitative estimate of drug-likeness (QED) is 0.412. The van der Waals surface area contributed by atoms with Crippen molar-refractivity contribution in [2.45, 2.75) is 25.5 Å². The molecule has 0 radical (unpaired) electrons. The maximum absolute atomic E-state index is 13.9. The summed E-state index contributed by atoms with van der Waals surface area (Å²) >= 11 is 0. The average molecular weight is 426 g/mol. The molecule has 1 saturated heterocycles. The van der Waals surface area contributed by atoms with Crippen LogP contribution < -0.4 is 9.47 Å². The molecule has 31 heavy (non-hydrogen) atoms. The van der Waals surface area contributed by atoms with E-state index in [4.69, 9.17) is 14.2 Å². The fourth-order valence-corrected chi connectivity index (χ4v) is 3.44. The molecule has 0 saturated carbocycles. The predicted octanol–water partition coefficient (Wildman–Crippen LogP) is 4.62. The Labute approximate surface area is 182 Å². The molecular weight excluding hydrogens is 397 g/mol. The van der Waals surface area contributed by atoms with E-state index in [1.807, 2.05) is 18.2 Å². The molecule has 1 amide bonds. The van der Waals surface area contributed by atoms with Gasteiger partial charge in [-0.3, -0.25) is 4.79 Å². The Balaban J connectivity index is 1.77. The van der Waals surface area contributed by atoms with E-state index in [1.165, 1.54) is 18.2 Å². The van der Waals surface area contributed by atoms with Crippen LogP contribution in [0.1, 0.15) is 24.0 Å². The van der Waals surface area contributed by atoms with E-state index in [-0.39, 0.29) is 17.8 Å². The molecule has 0 spiro atoms. The summed E-state index contributed by atoms with van der Waals surface area (Å²) in [5, 5.41) is 0. The van der Waals surface area contributed by atoms with Crippen LogP contribution in [0, 0.1) is 5.82 Å². The van der Waals surface area contributed by atoms with Crippen LogP contribution in [0.15, 0.2) is 61.2 Å². The number of carbonyl (C=O) groups is 1. The van der Waals surface area contributed by atoms with Crippen molar-refractivity contribution in [2.24, 2.45) is 0 Å². The topological polar surface area (TPSA) is 48.0 Å². The lowest BCUT2D eigenvalue weighted by Crippen LogP contribution is -2.35. The van der Waals surface area contributed by atoms with Gasteiger partial charge in [0.2, 0.25) is 5.91 Å². The second kappa shape index (κ2) is 11.3. The largest absolute Gasteiger partial charge is 0.493 e. The molecule has 2 aromatic carbocycles. The van der Waals surface area contributed by atoms with Gasteiger partial charge in [-0.05, 0) is 42.7 Å². The summed E-state index contributed by atoms with van der Waals surface area (Å²) in [6, 6.07) is 11.9. The number of nitrogens with zero attached hydrogens (tertiary/aromatic N) is 1. The number of carbonyl (C=O) groups excluding carboxylic acids is 1. The lowest BCUT2D eigenvalue weighted by molar-refractivity contribution is -0.128. The number of hydrogen-bond donors (Lipinski definition) is 0. The van der Waals surface area contributed by atoms with Crippen molar-refractivity contribution in [3.63, 3.8) is 0 Å². The van der Waals surface area contributed by atoms with Gasteiger partial charge in [0.25, 0.3) is 0 Å². The van der Waals surface area contributed by atoms with Crippen LogP contribution in [0.4, 0.5) is 4.39 Å². The summed E-state index contributed by atoms with van der Waals surface area (Å²) in [5.41, 5.74) is 1.27. The predicted molar refractivity (Wildman–Crippen MR) is 119 cm³/mol. The van der Waals surface area contributed by atoms with Gasteiger partial charge < -0.3 is 19.1 Å². The van der Waals surface area contributed by atoms with E-state index in [1.54, 1.807) is 36.3 Å². The number of amides is 1. The molecule has 1 atom stereocenters. The SMILES string of the molecule is C=CCOc1ccc(CN(C[C@H]2CCCO2)C(=O)/C=C/c2ccccc2F)cc1OC. The van der Waals surface area contributed by atoms with Crippen molar-refractivity contribution >= 4 is 12.0 Å². The molecule has 0 N–H and O–H groups in total. The lowest BCUT2D eigenvalue weighted by atomic mass is 10.1. The highest BCUT2D eigenvalue weighted by Gasteiger charge is 2.22. The first kappa shape index (κ1) is 22.6. The monoisotopic (exact) mass is 425 g/mol. The van der Waals surface area contributed by atoms with Crippen molar-refractivity contribution in [3.05, 3.63) is 78.1 Å². The van der Waals surface area contributed by atoms with E-state index in [0.29, 0.717) is 43.4 Å². The van der Waals surface area contributed by atoms with Gasteiger partial charge in [-0.25, -0.2) is 4.39 Å². The zero-order chi connectivity index (χ0) is 22.1. The molecule has 0 unspecified atom stereocenters. The molecule has 1 heterocycles. The third-order valence-electron chi connectivity index (χ3n) is 5.03. The van der Waals surface area contributed by atoms with Crippen LogP contribution in [0.3, 0.4) is 0 Å². The number of rotatable bonds is 10. The smallest absolute Gasteiger partial charge is 0.246 e. The van der Waals surface area contributed by atoms with Crippen LogP contribution >= 0.6 is 0 Å². The van der Waals surface area contributed by atoms with Crippen molar-refractivity contribution in [3.8, 4) is 11.5 Å². The Bertz CT molecular complexity index is 921. The van der Waals surface area contributed by atoms with Crippen molar-refractivity contribution in [2.75, 3.05) is 26.9 Å². The van der Waals surface area contributed by atoms with Gasteiger partial charge >= 0.3 is 0 Å². The summed E-state index contributed by atoms with van der Waals surface area (Å²) < 4.78 is 30.7. The molecule has 2 aromatic rings. The minimum absolute atomic E-state index is 0.00269. The first-order chi connectivity index (χ1) is 15.1. The van der Waals surface area contributed by atoms with E-state index >= 15 is 0 Å². The Hall–Kier alpha value is -3.12. The van der Waals surface area contributed by atoms with Gasteiger partial charge in [0.05, 0.1) is 13.2 Å². The third kappa shape index (κ3) is 6.43. The molecule has 1 aliphatic heterocycles. The molecule has 1 aliphatic rings. The zero-order valence-corrected chi connectivity index (χ0v) is 17.8. The summed E-state index contributed by atoms with van der Waals surface area (Å²) in [6.07, 6.45) is 6.48. The number of methoxy groups -OCH3 is 1. The zero-order valence-electron chi connectivity index (χ0n) is 17.8.